The molecule has 45 heavy (non-hydrogen) atoms. The number of likely N-dealkylation sites (N-methyl/N-ethyl adjacent to an activating group) is 2. The van der Waals surface area contributed by atoms with Gasteiger partial charge in [-0.3, -0.25) is 4.90 Å². The lowest BCUT2D eigenvalue weighted by molar-refractivity contribution is -0.298. The first-order valence-corrected chi connectivity index (χ1v) is 18.0. The molecule has 9 atom stereocenters. The number of methoxy groups -OCH3 is 2. The molecule has 0 saturated carbocycles. The van der Waals surface area contributed by atoms with E-state index in [9.17, 15) is 5.11 Å². The van der Waals surface area contributed by atoms with Crippen LogP contribution in [0.2, 0.25) is 0 Å². The molecule has 3 rings (SSSR count). The summed E-state index contributed by atoms with van der Waals surface area (Å²) < 4.78 is 31.6. The van der Waals surface area contributed by atoms with Gasteiger partial charge in [-0.15, -0.1) is 0 Å². The highest BCUT2D eigenvalue weighted by atomic mass is 16.7. The Balaban J connectivity index is 1.82. The van der Waals surface area contributed by atoms with Crippen molar-refractivity contribution in [1.29, 1.82) is 0 Å². The van der Waals surface area contributed by atoms with Crippen LogP contribution >= 0.6 is 0 Å². The molecule has 0 amide bonds. The van der Waals surface area contributed by atoms with Crippen molar-refractivity contribution in [3.8, 4) is 0 Å². The molecule has 0 aromatic rings. The number of likely N-dealkylation sites (tertiary alicyclic amines) is 1. The van der Waals surface area contributed by atoms with Gasteiger partial charge in [0, 0.05) is 39.4 Å². The number of rotatable bonds is 10. The van der Waals surface area contributed by atoms with Crippen LogP contribution in [0.25, 0.3) is 0 Å². The molecule has 9 heteroatoms. The Hall–Kier alpha value is -0.360. The average molecular weight is 642 g/mol. The molecular weight excluding hydrogens is 570 g/mol. The van der Waals surface area contributed by atoms with E-state index < -0.39 is 18.0 Å². The van der Waals surface area contributed by atoms with Crippen LogP contribution < -0.4 is 0 Å². The minimum atomic E-state index is -0.731. The van der Waals surface area contributed by atoms with E-state index in [1.54, 1.807) is 7.11 Å². The van der Waals surface area contributed by atoms with Gasteiger partial charge in [0.1, 0.15) is 6.10 Å². The Morgan fingerprint density at radius 1 is 1.02 bits per heavy atom. The summed E-state index contributed by atoms with van der Waals surface area (Å²) >= 11 is 0. The molecule has 0 unspecified atom stereocenters. The lowest BCUT2D eigenvalue weighted by Crippen LogP contribution is -2.58. The van der Waals surface area contributed by atoms with Crippen LogP contribution in [0.15, 0.2) is 0 Å². The monoisotopic (exact) mass is 642 g/mol. The van der Waals surface area contributed by atoms with Gasteiger partial charge in [0.15, 0.2) is 6.29 Å². The van der Waals surface area contributed by atoms with Gasteiger partial charge in [0.05, 0.1) is 37.6 Å². The fourth-order valence-electron chi connectivity index (χ4n) is 8.57. The Labute approximate surface area is 276 Å². The third kappa shape index (κ3) is 11.4. The van der Waals surface area contributed by atoms with Crippen molar-refractivity contribution in [3.63, 3.8) is 0 Å². The number of piperidine rings is 1. The van der Waals surface area contributed by atoms with Crippen LogP contribution in [-0.2, 0) is 23.7 Å². The zero-order valence-corrected chi connectivity index (χ0v) is 30.9. The van der Waals surface area contributed by atoms with Gasteiger partial charge in [-0.25, -0.2) is 0 Å². The number of aliphatic hydroxyl groups is 1. The molecule has 0 spiro atoms. The van der Waals surface area contributed by atoms with E-state index in [1.165, 1.54) is 19.3 Å². The third-order valence-electron chi connectivity index (χ3n) is 11.0. The molecular formula is C36H71N3O6. The number of hydrogen-bond acceptors (Lipinski definition) is 9. The Kier molecular flexibility index (Phi) is 15.5. The lowest BCUT2D eigenvalue weighted by Gasteiger charge is -2.47. The summed E-state index contributed by atoms with van der Waals surface area (Å²) in [4.78, 5) is 7.30. The zero-order chi connectivity index (χ0) is 33.4. The molecule has 3 aliphatic heterocycles. The van der Waals surface area contributed by atoms with Gasteiger partial charge in [-0.1, -0.05) is 34.6 Å². The van der Waals surface area contributed by atoms with E-state index in [4.69, 9.17) is 23.7 Å². The molecule has 3 heterocycles. The average Bonchev–Trinajstić information content (AvgIpc) is 2.98. The van der Waals surface area contributed by atoms with E-state index in [0.717, 1.165) is 71.1 Å². The predicted octanol–water partition coefficient (Wildman–Crippen LogP) is 4.75. The van der Waals surface area contributed by atoms with E-state index in [0.29, 0.717) is 18.6 Å². The molecule has 9 nitrogen and oxygen atoms in total. The first-order chi connectivity index (χ1) is 21.2. The number of ether oxygens (including phenoxy) is 5. The minimum Gasteiger partial charge on any atom is -0.386 e. The van der Waals surface area contributed by atoms with Gasteiger partial charge in [-0.2, -0.15) is 0 Å². The van der Waals surface area contributed by atoms with E-state index in [-0.39, 0.29) is 29.6 Å². The zero-order valence-electron chi connectivity index (χ0n) is 30.9. The second-order valence-corrected chi connectivity index (χ2v) is 16.1. The van der Waals surface area contributed by atoms with Crippen LogP contribution in [0.5, 0.6) is 0 Å². The van der Waals surface area contributed by atoms with Gasteiger partial charge < -0.3 is 38.6 Å². The molecule has 3 fully saturated rings. The number of nitrogens with zero attached hydrogens (tertiary/aromatic N) is 3. The molecule has 0 bridgehead atoms. The lowest BCUT2D eigenvalue weighted by atomic mass is 9.75. The van der Waals surface area contributed by atoms with Gasteiger partial charge in [-0.05, 0) is 109 Å². The standard InChI is InChI=1S/C36H71N3O6/c1-12-39-23-26(2)21-36(7,42-11)33(45-34-32(40)31(37(8)9)19-28(4)44-34)27(3)22-35(5,6)25-43-24-30(39)20-29-13-15-38(16-14-29)17-18-41-10/h26-34,40H,12-25H2,1-11H3/t26-,27-,28-,30-,31+,32-,33-,34+,36-/m1/s1. The van der Waals surface area contributed by atoms with Crippen molar-refractivity contribution in [1.82, 2.24) is 14.7 Å². The van der Waals surface area contributed by atoms with Crippen molar-refractivity contribution >= 4 is 0 Å². The summed E-state index contributed by atoms with van der Waals surface area (Å²) in [5.74, 6) is 1.27. The maximum Gasteiger partial charge on any atom is 0.185 e. The highest BCUT2D eigenvalue weighted by Crippen LogP contribution is 2.39. The predicted molar refractivity (Wildman–Crippen MR) is 182 cm³/mol. The number of hydrogen-bond donors (Lipinski definition) is 1. The Morgan fingerprint density at radius 3 is 2.31 bits per heavy atom. The normalized spacial score (nSPS) is 38.9. The molecule has 3 aliphatic rings. The summed E-state index contributed by atoms with van der Waals surface area (Å²) in [6.07, 6.45) is 4.55. The van der Waals surface area contributed by atoms with Gasteiger partial charge in [0.25, 0.3) is 0 Å². The van der Waals surface area contributed by atoms with Crippen molar-refractivity contribution in [2.24, 2.45) is 23.2 Å². The SMILES string of the molecule is CCN1C[C@H](C)C[C@@](C)(OC)[C@H](O[C@@H]2O[C@H](C)C[C@H](N(C)C)[C@H]2O)[C@H](C)CC(C)(C)COC[C@H]1CC1CCN(CCOC)CC1. The van der Waals surface area contributed by atoms with Crippen molar-refractivity contribution in [2.75, 3.05) is 80.9 Å². The van der Waals surface area contributed by atoms with Crippen LogP contribution in [0, 0.1) is 23.2 Å². The van der Waals surface area contributed by atoms with Crippen molar-refractivity contribution < 1.29 is 28.8 Å². The molecule has 1 N–H and O–H groups in total. The highest BCUT2D eigenvalue weighted by molar-refractivity contribution is 4.95. The second-order valence-electron chi connectivity index (χ2n) is 16.1. The molecule has 0 aliphatic carbocycles. The van der Waals surface area contributed by atoms with E-state index >= 15 is 0 Å². The summed E-state index contributed by atoms with van der Waals surface area (Å²) in [6.45, 7) is 23.5. The summed E-state index contributed by atoms with van der Waals surface area (Å²) in [5.41, 5.74) is -0.597. The Morgan fingerprint density at radius 2 is 1.71 bits per heavy atom. The summed E-state index contributed by atoms with van der Waals surface area (Å²) in [7, 11) is 7.66. The molecule has 266 valence electrons. The Bertz CT molecular complexity index is 840. The van der Waals surface area contributed by atoms with Gasteiger partial charge in [0.2, 0.25) is 0 Å². The minimum absolute atomic E-state index is 0.000991. The quantitative estimate of drug-likeness (QED) is 0.364. The first kappa shape index (κ1) is 39.1. The molecule has 3 saturated heterocycles. The maximum absolute atomic E-state index is 11.4. The van der Waals surface area contributed by atoms with Crippen molar-refractivity contribution in [2.45, 2.75) is 129 Å². The second kappa shape index (κ2) is 17.9. The van der Waals surface area contributed by atoms with Crippen LogP contribution in [-0.4, -0.2) is 143 Å². The van der Waals surface area contributed by atoms with Crippen LogP contribution in [0.4, 0.5) is 0 Å². The molecule has 0 aromatic heterocycles. The fourth-order valence-corrected chi connectivity index (χ4v) is 8.57. The summed E-state index contributed by atoms with van der Waals surface area (Å²) in [5, 5.41) is 11.4. The van der Waals surface area contributed by atoms with E-state index in [1.807, 2.05) is 21.2 Å². The van der Waals surface area contributed by atoms with Crippen LogP contribution in [0.3, 0.4) is 0 Å². The fraction of sp³-hybridized carbons (Fsp3) is 1.00. The molecule has 0 aromatic carbocycles. The van der Waals surface area contributed by atoms with Crippen LogP contribution in [0.1, 0.15) is 87.0 Å². The smallest absolute Gasteiger partial charge is 0.185 e. The highest BCUT2D eigenvalue weighted by Gasteiger charge is 2.47. The topological polar surface area (TPSA) is 76.1 Å². The first-order valence-electron chi connectivity index (χ1n) is 18.0. The summed E-state index contributed by atoms with van der Waals surface area (Å²) in [6, 6.07) is 0.382. The number of aliphatic hydroxyl groups excluding tert-OH is 1. The third-order valence-corrected chi connectivity index (χ3v) is 11.0. The van der Waals surface area contributed by atoms with Gasteiger partial charge >= 0.3 is 0 Å². The largest absolute Gasteiger partial charge is 0.386 e. The van der Waals surface area contributed by atoms with Crippen molar-refractivity contribution in [3.05, 3.63) is 0 Å². The van der Waals surface area contributed by atoms with E-state index in [2.05, 4.69) is 63.2 Å². The maximum atomic E-state index is 11.4. The molecule has 0 radical (unpaired) electrons.